The largest absolute Gasteiger partial charge is 0.418 e. The molecule has 0 fully saturated rings. The smallest absolute Gasteiger partial charge is 0.394 e. The number of para-hydroxylation sites is 1. The molecular weight excluding hydrogens is 251 g/mol. The number of nitrogens with one attached hydrogen (secondary N) is 1. The van der Waals surface area contributed by atoms with E-state index in [1.165, 1.54) is 18.2 Å². The van der Waals surface area contributed by atoms with E-state index < -0.39 is 37.1 Å². The van der Waals surface area contributed by atoms with Gasteiger partial charge in [0.25, 0.3) is 0 Å². The van der Waals surface area contributed by atoms with Crippen LogP contribution in [0.4, 0.5) is 18.9 Å². The summed E-state index contributed by atoms with van der Waals surface area (Å²) in [5, 5.41) is 29.6. The van der Waals surface area contributed by atoms with Crippen LogP contribution in [0.5, 0.6) is 0 Å². The molecule has 0 unspecified atom stereocenters. The van der Waals surface area contributed by atoms with Crippen LogP contribution >= 0.6 is 0 Å². The molecule has 1 rings (SSSR count). The molecule has 1 aromatic rings. The van der Waals surface area contributed by atoms with Crippen LogP contribution in [0.3, 0.4) is 0 Å². The molecule has 0 bridgehead atoms. The second kappa shape index (κ2) is 5.55. The fourth-order valence-corrected chi connectivity index (χ4v) is 1.39. The van der Waals surface area contributed by atoms with Crippen molar-refractivity contribution in [2.45, 2.75) is 11.7 Å². The fourth-order valence-electron chi connectivity index (χ4n) is 1.39. The van der Waals surface area contributed by atoms with Crippen molar-refractivity contribution in [2.75, 3.05) is 25.1 Å². The predicted octanol–water partition coefficient (Wildman–Crippen LogP) is 0.833. The van der Waals surface area contributed by atoms with Gasteiger partial charge in [-0.05, 0) is 12.1 Å². The summed E-state index contributed by atoms with van der Waals surface area (Å²) in [5.41, 5.74) is -2.83. The first-order valence-corrected chi connectivity index (χ1v) is 5.15. The number of hydrogen-bond acceptors (Lipinski definition) is 4. The third-order valence-corrected chi connectivity index (χ3v) is 2.54. The average molecular weight is 265 g/mol. The first kappa shape index (κ1) is 14.7. The minimum Gasteiger partial charge on any atom is -0.394 e. The highest BCUT2D eigenvalue weighted by Crippen LogP contribution is 2.35. The Labute approximate surface area is 102 Å². The summed E-state index contributed by atoms with van der Waals surface area (Å²) < 4.78 is 38.1. The zero-order valence-electron chi connectivity index (χ0n) is 9.41. The highest BCUT2D eigenvalue weighted by molar-refractivity contribution is 5.54. The number of halogens is 3. The van der Waals surface area contributed by atoms with Crippen molar-refractivity contribution in [3.63, 3.8) is 0 Å². The molecule has 7 heteroatoms. The van der Waals surface area contributed by atoms with Gasteiger partial charge in [-0.25, -0.2) is 0 Å². The highest BCUT2D eigenvalue weighted by atomic mass is 19.4. The van der Waals surface area contributed by atoms with Gasteiger partial charge in [-0.15, -0.1) is 0 Å². The molecule has 4 nitrogen and oxygen atoms in total. The third kappa shape index (κ3) is 3.12. The maximum absolute atomic E-state index is 12.7. The zero-order valence-corrected chi connectivity index (χ0v) is 9.41. The number of aliphatic hydroxyl groups is 3. The molecule has 4 N–H and O–H groups in total. The predicted molar refractivity (Wildman–Crippen MR) is 59.1 cm³/mol. The van der Waals surface area contributed by atoms with Crippen LogP contribution in [0.25, 0.3) is 0 Å². The van der Waals surface area contributed by atoms with Gasteiger partial charge in [-0.1, -0.05) is 12.1 Å². The molecule has 0 aliphatic carbocycles. The molecule has 0 aliphatic rings. The van der Waals surface area contributed by atoms with Crippen LogP contribution < -0.4 is 5.32 Å². The van der Waals surface area contributed by atoms with Gasteiger partial charge in [0.15, 0.2) is 0 Å². The average Bonchev–Trinajstić information content (AvgIpc) is 2.35. The van der Waals surface area contributed by atoms with Crippen LogP contribution in [0.1, 0.15) is 5.56 Å². The highest BCUT2D eigenvalue weighted by Gasteiger charge is 2.36. The van der Waals surface area contributed by atoms with Crippen molar-refractivity contribution in [2.24, 2.45) is 0 Å². The lowest BCUT2D eigenvalue weighted by Crippen LogP contribution is -2.49. The van der Waals surface area contributed by atoms with E-state index in [1.807, 2.05) is 0 Å². The summed E-state index contributed by atoms with van der Waals surface area (Å²) >= 11 is 0. The van der Waals surface area contributed by atoms with E-state index in [0.717, 1.165) is 6.07 Å². The molecule has 0 radical (unpaired) electrons. The monoisotopic (exact) mass is 265 g/mol. The molecule has 18 heavy (non-hydrogen) atoms. The second-order valence-electron chi connectivity index (χ2n) is 3.92. The summed E-state index contributed by atoms with van der Waals surface area (Å²) in [6, 6.07) is 4.65. The van der Waals surface area contributed by atoms with Crippen molar-refractivity contribution >= 4 is 5.69 Å². The Morgan fingerprint density at radius 2 is 1.44 bits per heavy atom. The number of anilines is 1. The lowest BCUT2D eigenvalue weighted by atomic mass is 10.0. The van der Waals surface area contributed by atoms with Gasteiger partial charge >= 0.3 is 6.18 Å². The van der Waals surface area contributed by atoms with Gasteiger partial charge in [0.1, 0.15) is 5.54 Å². The molecule has 0 atom stereocenters. The fraction of sp³-hybridized carbons (Fsp3) is 0.455. The Kier molecular flexibility index (Phi) is 4.55. The Morgan fingerprint density at radius 3 is 1.89 bits per heavy atom. The number of benzene rings is 1. The van der Waals surface area contributed by atoms with E-state index >= 15 is 0 Å². The first-order chi connectivity index (χ1) is 8.38. The van der Waals surface area contributed by atoms with Crippen LogP contribution in [0.15, 0.2) is 24.3 Å². The molecule has 102 valence electrons. The standard InChI is InChI=1S/C11H14F3NO3/c12-11(13,14)8-3-1-2-4-9(8)15-10(5-16,6-17)7-18/h1-4,15-18H,5-7H2. The number of alkyl halides is 3. The lowest BCUT2D eigenvalue weighted by Gasteiger charge is -2.31. The second-order valence-corrected chi connectivity index (χ2v) is 3.92. The van der Waals surface area contributed by atoms with E-state index in [-0.39, 0.29) is 5.69 Å². The summed E-state index contributed by atoms with van der Waals surface area (Å²) in [6.45, 7) is -2.11. The van der Waals surface area contributed by atoms with E-state index in [4.69, 9.17) is 15.3 Å². The molecule has 0 saturated carbocycles. The van der Waals surface area contributed by atoms with E-state index in [2.05, 4.69) is 5.32 Å². The van der Waals surface area contributed by atoms with Crippen molar-refractivity contribution in [3.05, 3.63) is 29.8 Å². The molecular formula is C11H14F3NO3. The Hall–Kier alpha value is -1.31. The number of hydrogen-bond donors (Lipinski definition) is 4. The molecule has 0 spiro atoms. The van der Waals surface area contributed by atoms with E-state index in [9.17, 15) is 13.2 Å². The minimum absolute atomic E-state index is 0.304. The summed E-state index contributed by atoms with van der Waals surface area (Å²) in [6.07, 6.45) is -4.56. The quantitative estimate of drug-likeness (QED) is 0.636. The van der Waals surface area contributed by atoms with Gasteiger partial charge in [0, 0.05) is 5.69 Å². The molecule has 0 heterocycles. The molecule has 0 aromatic heterocycles. The third-order valence-electron chi connectivity index (χ3n) is 2.54. The minimum atomic E-state index is -4.56. The maximum Gasteiger partial charge on any atom is 0.418 e. The van der Waals surface area contributed by atoms with Gasteiger partial charge in [0.05, 0.1) is 25.4 Å². The summed E-state index contributed by atoms with van der Waals surface area (Å²) in [4.78, 5) is 0. The van der Waals surface area contributed by atoms with E-state index in [1.54, 1.807) is 0 Å². The maximum atomic E-state index is 12.7. The summed E-state index contributed by atoms with van der Waals surface area (Å²) in [7, 11) is 0. The molecule has 0 saturated heterocycles. The molecule has 1 aromatic carbocycles. The zero-order chi connectivity index (χ0) is 13.8. The molecule has 0 aliphatic heterocycles. The van der Waals surface area contributed by atoms with Crippen LogP contribution in [0, 0.1) is 0 Å². The van der Waals surface area contributed by atoms with Crippen LogP contribution in [-0.4, -0.2) is 40.7 Å². The first-order valence-electron chi connectivity index (χ1n) is 5.15. The topological polar surface area (TPSA) is 72.7 Å². The Balaban J connectivity index is 3.11. The normalized spacial score (nSPS) is 12.6. The van der Waals surface area contributed by atoms with Crippen molar-refractivity contribution in [1.82, 2.24) is 0 Å². The van der Waals surface area contributed by atoms with Crippen molar-refractivity contribution < 1.29 is 28.5 Å². The van der Waals surface area contributed by atoms with Crippen LogP contribution in [-0.2, 0) is 6.18 Å². The van der Waals surface area contributed by atoms with E-state index in [0.29, 0.717) is 0 Å². The number of aliphatic hydroxyl groups excluding tert-OH is 3. The van der Waals surface area contributed by atoms with Crippen molar-refractivity contribution in [1.29, 1.82) is 0 Å². The van der Waals surface area contributed by atoms with Gasteiger partial charge in [-0.2, -0.15) is 13.2 Å². The molecule has 0 amide bonds. The Morgan fingerprint density at radius 1 is 0.944 bits per heavy atom. The van der Waals surface area contributed by atoms with Crippen LogP contribution in [0.2, 0.25) is 0 Å². The Bertz CT molecular complexity index is 383. The van der Waals surface area contributed by atoms with Gasteiger partial charge in [0.2, 0.25) is 0 Å². The van der Waals surface area contributed by atoms with Gasteiger partial charge in [-0.3, -0.25) is 0 Å². The SMILES string of the molecule is OCC(CO)(CO)Nc1ccccc1C(F)(F)F. The number of rotatable bonds is 5. The van der Waals surface area contributed by atoms with Gasteiger partial charge < -0.3 is 20.6 Å². The van der Waals surface area contributed by atoms with Crippen molar-refractivity contribution in [3.8, 4) is 0 Å². The summed E-state index contributed by atoms with van der Waals surface area (Å²) in [5.74, 6) is 0. The lowest BCUT2D eigenvalue weighted by molar-refractivity contribution is -0.137.